The van der Waals surface area contributed by atoms with Crippen molar-refractivity contribution in [3.63, 3.8) is 0 Å². The van der Waals surface area contributed by atoms with Crippen molar-refractivity contribution in [2.24, 2.45) is 0 Å². The number of carbonyl (C=O) groups excluding carboxylic acids is 1. The number of rotatable bonds is 9. The van der Waals surface area contributed by atoms with Gasteiger partial charge in [-0.1, -0.05) is 18.6 Å². The van der Waals surface area contributed by atoms with Crippen LogP contribution in [0.5, 0.6) is 5.75 Å². The molecule has 0 aliphatic carbocycles. The van der Waals surface area contributed by atoms with E-state index in [4.69, 9.17) is 9.47 Å². The molecule has 1 atom stereocenters. The molecule has 1 N–H and O–H groups in total. The van der Waals surface area contributed by atoms with Crippen LogP contribution in [0.15, 0.2) is 41.3 Å². The second kappa shape index (κ2) is 12.5. The van der Waals surface area contributed by atoms with Crippen LogP contribution in [-0.4, -0.2) is 89.7 Å². The van der Waals surface area contributed by atoms with Gasteiger partial charge in [-0.2, -0.15) is 4.31 Å². The van der Waals surface area contributed by atoms with Crippen LogP contribution in [0.1, 0.15) is 30.4 Å². The summed E-state index contributed by atoms with van der Waals surface area (Å²) < 4.78 is 40.1. The highest BCUT2D eigenvalue weighted by Gasteiger charge is 2.35. The minimum Gasteiger partial charge on any atom is -0.497 e. The summed E-state index contributed by atoms with van der Waals surface area (Å²) in [6.45, 7) is 7.81. The first-order chi connectivity index (χ1) is 18.2. The molecule has 2 aliphatic heterocycles. The van der Waals surface area contributed by atoms with Gasteiger partial charge in [-0.3, -0.25) is 4.79 Å². The molecule has 2 aliphatic rings. The number of nitrogens with zero attached hydrogens (tertiary/aromatic N) is 3. The highest BCUT2D eigenvalue weighted by molar-refractivity contribution is 7.89. The Morgan fingerprint density at radius 1 is 1.03 bits per heavy atom. The van der Waals surface area contributed by atoms with E-state index in [2.05, 4.69) is 22.2 Å². The Balaban J connectivity index is 1.38. The lowest BCUT2D eigenvalue weighted by molar-refractivity contribution is -0.121. The summed E-state index contributed by atoms with van der Waals surface area (Å²) in [7, 11) is -0.0480. The monoisotopic (exact) mass is 544 g/mol. The van der Waals surface area contributed by atoms with Crippen LogP contribution in [0, 0.1) is 13.8 Å². The average molecular weight is 545 g/mol. The normalized spacial score (nSPS) is 19.4. The molecule has 0 radical (unpaired) electrons. The van der Waals surface area contributed by atoms with Gasteiger partial charge >= 0.3 is 0 Å². The van der Waals surface area contributed by atoms with E-state index in [1.165, 1.54) is 0 Å². The summed E-state index contributed by atoms with van der Waals surface area (Å²) in [6, 6.07) is 11.0. The molecule has 10 heteroatoms. The van der Waals surface area contributed by atoms with Crippen LogP contribution >= 0.6 is 0 Å². The summed E-state index contributed by atoms with van der Waals surface area (Å²) in [5, 5.41) is 2.99. The number of nitrogens with one attached hydrogen (secondary N) is 1. The molecule has 2 heterocycles. The average Bonchev–Trinajstić information content (AvgIpc) is 2.89. The zero-order chi connectivity index (χ0) is 27.3. The number of hydrogen-bond donors (Lipinski definition) is 1. The smallest absolute Gasteiger partial charge is 0.250 e. The Kier molecular flexibility index (Phi) is 9.30. The first-order valence-corrected chi connectivity index (χ1v) is 14.7. The van der Waals surface area contributed by atoms with E-state index in [-0.39, 0.29) is 25.2 Å². The molecular weight excluding hydrogens is 504 g/mol. The summed E-state index contributed by atoms with van der Waals surface area (Å²) >= 11 is 0. The van der Waals surface area contributed by atoms with Crippen molar-refractivity contribution in [3.8, 4) is 5.75 Å². The lowest BCUT2D eigenvalue weighted by Gasteiger charge is -2.35. The number of hydrogen-bond acceptors (Lipinski definition) is 7. The SMILES string of the molecule is COc1cc(C)c(S(=O)(=O)N2CCCCC2COCC(=O)Nc2ccccc2N2CCN(C)CC2)c(C)c1. The van der Waals surface area contributed by atoms with Crippen LogP contribution in [-0.2, 0) is 19.6 Å². The predicted octanol–water partition coefficient (Wildman–Crippen LogP) is 3.26. The zero-order valence-corrected chi connectivity index (χ0v) is 23.7. The first-order valence-electron chi connectivity index (χ1n) is 13.3. The van der Waals surface area contributed by atoms with Gasteiger partial charge in [0.05, 0.1) is 30.0 Å². The lowest BCUT2D eigenvalue weighted by Crippen LogP contribution is -2.46. The van der Waals surface area contributed by atoms with Gasteiger partial charge in [0.15, 0.2) is 0 Å². The van der Waals surface area contributed by atoms with Crippen LogP contribution in [0.25, 0.3) is 0 Å². The quantitative estimate of drug-likeness (QED) is 0.518. The van der Waals surface area contributed by atoms with Gasteiger partial charge in [0, 0.05) is 38.8 Å². The van der Waals surface area contributed by atoms with Gasteiger partial charge in [0.1, 0.15) is 12.4 Å². The van der Waals surface area contributed by atoms with Crippen molar-refractivity contribution in [1.29, 1.82) is 0 Å². The highest BCUT2D eigenvalue weighted by Crippen LogP contribution is 2.32. The number of anilines is 2. The Bertz CT molecular complexity index is 1200. The van der Waals surface area contributed by atoms with E-state index in [1.54, 1.807) is 37.4 Å². The number of ether oxygens (including phenoxy) is 2. The minimum atomic E-state index is -3.73. The van der Waals surface area contributed by atoms with Crippen LogP contribution < -0.4 is 15.0 Å². The van der Waals surface area contributed by atoms with E-state index in [0.717, 1.165) is 50.4 Å². The fourth-order valence-corrected chi connectivity index (χ4v) is 7.48. The molecule has 0 bridgehead atoms. The number of sulfonamides is 1. The minimum absolute atomic E-state index is 0.137. The predicted molar refractivity (Wildman–Crippen MR) is 150 cm³/mol. The molecule has 208 valence electrons. The molecule has 1 unspecified atom stereocenters. The van der Waals surface area contributed by atoms with Gasteiger partial charge in [-0.15, -0.1) is 0 Å². The molecule has 4 rings (SSSR count). The Hall–Kier alpha value is -2.66. The maximum absolute atomic E-state index is 13.7. The fraction of sp³-hybridized carbons (Fsp3) is 0.536. The molecule has 1 amide bonds. The van der Waals surface area contributed by atoms with E-state index >= 15 is 0 Å². The zero-order valence-electron chi connectivity index (χ0n) is 22.9. The molecule has 2 aromatic rings. The number of piperidine rings is 1. The van der Waals surface area contributed by atoms with E-state index < -0.39 is 10.0 Å². The van der Waals surface area contributed by atoms with Crippen LogP contribution in [0.3, 0.4) is 0 Å². The van der Waals surface area contributed by atoms with Crippen molar-refractivity contribution >= 4 is 27.3 Å². The van der Waals surface area contributed by atoms with Crippen LogP contribution in [0.4, 0.5) is 11.4 Å². The van der Waals surface area contributed by atoms with Gasteiger partial charge in [-0.05, 0) is 69.1 Å². The summed E-state index contributed by atoms with van der Waals surface area (Å²) in [5.74, 6) is 0.385. The molecule has 38 heavy (non-hydrogen) atoms. The second-order valence-corrected chi connectivity index (χ2v) is 12.1. The molecule has 2 aromatic carbocycles. The number of methoxy groups -OCH3 is 1. The summed E-state index contributed by atoms with van der Waals surface area (Å²) in [4.78, 5) is 17.7. The maximum atomic E-state index is 13.7. The number of amides is 1. The number of benzene rings is 2. The van der Waals surface area contributed by atoms with Crippen molar-refractivity contribution in [1.82, 2.24) is 9.21 Å². The van der Waals surface area contributed by atoms with Crippen molar-refractivity contribution in [2.45, 2.75) is 44.0 Å². The third kappa shape index (κ3) is 6.48. The molecule has 0 saturated carbocycles. The number of para-hydroxylation sites is 2. The maximum Gasteiger partial charge on any atom is 0.250 e. The Morgan fingerprint density at radius 3 is 2.39 bits per heavy atom. The number of likely N-dealkylation sites (N-methyl/N-ethyl adjacent to an activating group) is 1. The number of aryl methyl sites for hydroxylation is 2. The van der Waals surface area contributed by atoms with Gasteiger partial charge < -0.3 is 24.6 Å². The summed E-state index contributed by atoms with van der Waals surface area (Å²) in [6.07, 6.45) is 2.42. The largest absolute Gasteiger partial charge is 0.497 e. The Morgan fingerprint density at radius 2 is 1.71 bits per heavy atom. The van der Waals surface area contributed by atoms with E-state index in [9.17, 15) is 13.2 Å². The highest BCUT2D eigenvalue weighted by atomic mass is 32.2. The number of piperazine rings is 1. The topological polar surface area (TPSA) is 91.4 Å². The molecule has 9 nitrogen and oxygen atoms in total. The first kappa shape index (κ1) is 28.4. The fourth-order valence-electron chi connectivity index (χ4n) is 5.39. The molecular formula is C28H40N4O5S. The summed E-state index contributed by atoms with van der Waals surface area (Å²) in [5.41, 5.74) is 3.08. The lowest BCUT2D eigenvalue weighted by atomic mass is 10.1. The molecule has 0 spiro atoms. The van der Waals surface area contributed by atoms with Gasteiger partial charge in [0.25, 0.3) is 0 Å². The van der Waals surface area contributed by atoms with Crippen molar-refractivity contribution in [2.75, 3.05) is 70.3 Å². The van der Waals surface area contributed by atoms with E-state index in [0.29, 0.717) is 34.7 Å². The molecule has 2 saturated heterocycles. The van der Waals surface area contributed by atoms with Gasteiger partial charge in [0.2, 0.25) is 15.9 Å². The molecule has 0 aromatic heterocycles. The standard InChI is InChI=1S/C28H40N4O5S/c1-21-17-24(36-4)18-22(2)28(21)38(34,35)32-12-8-7-9-23(32)19-37-20-27(33)29-25-10-5-6-11-26(25)31-15-13-30(3)14-16-31/h5-6,10-11,17-18,23H,7-9,12-16,19-20H2,1-4H3,(H,29,33). The Labute approximate surface area is 226 Å². The molecule has 2 fully saturated rings. The van der Waals surface area contributed by atoms with E-state index in [1.807, 2.05) is 24.3 Å². The third-order valence-corrected chi connectivity index (χ3v) is 9.63. The number of carbonyl (C=O) groups is 1. The van der Waals surface area contributed by atoms with Crippen molar-refractivity contribution < 1.29 is 22.7 Å². The third-order valence-electron chi connectivity index (χ3n) is 7.37. The van der Waals surface area contributed by atoms with Gasteiger partial charge in [-0.25, -0.2) is 8.42 Å². The van der Waals surface area contributed by atoms with Crippen molar-refractivity contribution in [3.05, 3.63) is 47.5 Å². The van der Waals surface area contributed by atoms with Crippen LogP contribution in [0.2, 0.25) is 0 Å². The second-order valence-electron chi connectivity index (χ2n) is 10.2.